The van der Waals surface area contributed by atoms with Crippen molar-refractivity contribution in [2.45, 2.75) is 26.3 Å². The van der Waals surface area contributed by atoms with E-state index in [0.29, 0.717) is 5.02 Å². The zero-order chi connectivity index (χ0) is 12.1. The monoisotopic (exact) mass is 241 g/mol. The van der Waals surface area contributed by atoms with Crippen LogP contribution in [0.5, 0.6) is 0 Å². The first-order valence-electron chi connectivity index (χ1n) is 5.28. The lowest BCUT2D eigenvalue weighted by Crippen LogP contribution is -2.37. The van der Waals surface area contributed by atoms with Gasteiger partial charge in [0, 0.05) is 16.8 Å². The summed E-state index contributed by atoms with van der Waals surface area (Å²) in [5.74, 6) is -0.833. The second kappa shape index (κ2) is 5.75. The number of anilines is 1. The second-order valence-corrected chi connectivity index (χ2v) is 4.20. The number of halogens is 1. The highest BCUT2D eigenvalue weighted by atomic mass is 35.5. The molecule has 1 N–H and O–H groups in total. The molecule has 1 atom stereocenters. The van der Waals surface area contributed by atoms with E-state index in [1.807, 2.05) is 30.9 Å². The highest BCUT2D eigenvalue weighted by Crippen LogP contribution is 2.22. The predicted molar refractivity (Wildman–Crippen MR) is 66.2 cm³/mol. The molecule has 0 spiro atoms. The summed E-state index contributed by atoms with van der Waals surface area (Å²) < 4.78 is 0. The van der Waals surface area contributed by atoms with Crippen molar-refractivity contribution in [3.63, 3.8) is 0 Å². The molecule has 4 heteroatoms. The number of hydrogen-bond acceptors (Lipinski definition) is 2. The number of rotatable bonds is 5. The number of aliphatic carboxylic acids is 1. The van der Waals surface area contributed by atoms with Crippen LogP contribution in [0.3, 0.4) is 0 Å². The van der Waals surface area contributed by atoms with Crippen LogP contribution in [0.25, 0.3) is 0 Å². The molecule has 0 fully saturated rings. The van der Waals surface area contributed by atoms with Crippen LogP contribution >= 0.6 is 11.6 Å². The standard InChI is InChI=1S/C12H16ClNO2/c1-3-9(2)14(8-12(15)16)11-6-4-5-10(13)7-11/h4-7,9H,3,8H2,1-2H3,(H,15,16). The summed E-state index contributed by atoms with van der Waals surface area (Å²) >= 11 is 5.90. The number of carboxylic acids is 1. The summed E-state index contributed by atoms with van der Waals surface area (Å²) in [5.41, 5.74) is 0.851. The summed E-state index contributed by atoms with van der Waals surface area (Å²) in [5, 5.41) is 9.51. The molecule has 0 heterocycles. The molecule has 3 nitrogen and oxygen atoms in total. The van der Waals surface area contributed by atoms with Crippen molar-refractivity contribution in [3.05, 3.63) is 29.3 Å². The normalized spacial score (nSPS) is 12.2. The van der Waals surface area contributed by atoms with Crippen molar-refractivity contribution >= 4 is 23.3 Å². The minimum Gasteiger partial charge on any atom is -0.480 e. The van der Waals surface area contributed by atoms with Crippen molar-refractivity contribution < 1.29 is 9.90 Å². The van der Waals surface area contributed by atoms with Crippen LogP contribution in [-0.2, 0) is 4.79 Å². The molecule has 16 heavy (non-hydrogen) atoms. The van der Waals surface area contributed by atoms with E-state index in [2.05, 4.69) is 0 Å². The van der Waals surface area contributed by atoms with E-state index >= 15 is 0 Å². The largest absolute Gasteiger partial charge is 0.480 e. The van der Waals surface area contributed by atoms with Gasteiger partial charge in [-0.1, -0.05) is 24.6 Å². The first-order valence-corrected chi connectivity index (χ1v) is 5.66. The summed E-state index contributed by atoms with van der Waals surface area (Å²) in [6.45, 7) is 4.03. The van der Waals surface area contributed by atoms with Crippen molar-refractivity contribution in [2.24, 2.45) is 0 Å². The molecule has 0 aliphatic carbocycles. The Labute approximate surface area is 101 Å². The van der Waals surface area contributed by atoms with E-state index in [9.17, 15) is 4.79 Å². The fourth-order valence-corrected chi connectivity index (χ4v) is 1.71. The molecule has 0 saturated carbocycles. The number of hydrogen-bond donors (Lipinski definition) is 1. The molecule has 1 unspecified atom stereocenters. The smallest absolute Gasteiger partial charge is 0.323 e. The van der Waals surface area contributed by atoms with Gasteiger partial charge in [0.15, 0.2) is 0 Å². The Balaban J connectivity index is 2.95. The van der Waals surface area contributed by atoms with Gasteiger partial charge < -0.3 is 10.0 Å². The second-order valence-electron chi connectivity index (χ2n) is 3.76. The summed E-state index contributed by atoms with van der Waals surface area (Å²) in [6.07, 6.45) is 0.889. The molecule has 1 aromatic rings. The molecular formula is C12H16ClNO2. The lowest BCUT2D eigenvalue weighted by atomic mass is 10.2. The van der Waals surface area contributed by atoms with Gasteiger partial charge in [-0.15, -0.1) is 0 Å². The average Bonchev–Trinajstić information content (AvgIpc) is 2.24. The van der Waals surface area contributed by atoms with Gasteiger partial charge in [-0.25, -0.2) is 0 Å². The fourth-order valence-electron chi connectivity index (χ4n) is 1.52. The first-order chi connectivity index (χ1) is 7.54. The van der Waals surface area contributed by atoms with Gasteiger partial charge in [0.1, 0.15) is 6.54 Å². The lowest BCUT2D eigenvalue weighted by molar-refractivity contribution is -0.135. The topological polar surface area (TPSA) is 40.5 Å². The predicted octanol–water partition coefficient (Wildman–Crippen LogP) is 3.03. The highest BCUT2D eigenvalue weighted by molar-refractivity contribution is 6.30. The lowest BCUT2D eigenvalue weighted by Gasteiger charge is -2.29. The van der Waals surface area contributed by atoms with Crippen LogP contribution in [0.2, 0.25) is 5.02 Å². The number of benzene rings is 1. The number of nitrogens with zero attached hydrogens (tertiary/aromatic N) is 1. The van der Waals surface area contributed by atoms with Gasteiger partial charge in [0.25, 0.3) is 0 Å². The van der Waals surface area contributed by atoms with Crippen molar-refractivity contribution in [3.8, 4) is 0 Å². The van der Waals surface area contributed by atoms with Crippen LogP contribution < -0.4 is 4.90 Å². The van der Waals surface area contributed by atoms with E-state index in [4.69, 9.17) is 16.7 Å². The SMILES string of the molecule is CCC(C)N(CC(=O)O)c1cccc(Cl)c1. The molecule has 0 aromatic heterocycles. The molecule has 0 saturated heterocycles. The third-order valence-corrected chi connectivity index (χ3v) is 2.80. The minimum atomic E-state index is -0.833. The Hall–Kier alpha value is -1.22. The molecule has 0 aliphatic heterocycles. The number of carboxylic acid groups (broad SMARTS) is 1. The maximum Gasteiger partial charge on any atom is 0.323 e. The van der Waals surface area contributed by atoms with Gasteiger partial charge in [0.05, 0.1) is 0 Å². The van der Waals surface area contributed by atoms with Crippen LogP contribution in [0, 0.1) is 0 Å². The molecule has 88 valence electrons. The Kier molecular flexibility index (Phi) is 4.62. The van der Waals surface area contributed by atoms with E-state index in [0.717, 1.165) is 12.1 Å². The Bertz CT molecular complexity index is 368. The third-order valence-electron chi connectivity index (χ3n) is 2.57. The van der Waals surface area contributed by atoms with E-state index in [1.165, 1.54) is 0 Å². The molecule has 0 amide bonds. The number of carbonyl (C=O) groups is 1. The average molecular weight is 242 g/mol. The summed E-state index contributed by atoms with van der Waals surface area (Å²) in [6, 6.07) is 7.45. The van der Waals surface area contributed by atoms with E-state index in [1.54, 1.807) is 12.1 Å². The van der Waals surface area contributed by atoms with Crippen LogP contribution in [-0.4, -0.2) is 23.7 Å². The van der Waals surface area contributed by atoms with Gasteiger partial charge in [-0.05, 0) is 31.5 Å². The molecule has 1 rings (SSSR count). The van der Waals surface area contributed by atoms with Crippen molar-refractivity contribution in [1.29, 1.82) is 0 Å². The quantitative estimate of drug-likeness (QED) is 0.862. The summed E-state index contributed by atoms with van der Waals surface area (Å²) in [7, 11) is 0. The van der Waals surface area contributed by atoms with Crippen LogP contribution in [0.1, 0.15) is 20.3 Å². The molecule has 1 aromatic carbocycles. The zero-order valence-corrected chi connectivity index (χ0v) is 10.2. The Morgan fingerprint density at radius 1 is 1.56 bits per heavy atom. The van der Waals surface area contributed by atoms with Gasteiger partial charge in [-0.2, -0.15) is 0 Å². The van der Waals surface area contributed by atoms with Crippen LogP contribution in [0.4, 0.5) is 5.69 Å². The zero-order valence-electron chi connectivity index (χ0n) is 9.48. The fraction of sp³-hybridized carbons (Fsp3) is 0.417. The Morgan fingerprint density at radius 2 is 2.25 bits per heavy atom. The summed E-state index contributed by atoms with van der Waals surface area (Å²) in [4.78, 5) is 12.7. The molecule has 0 radical (unpaired) electrons. The highest BCUT2D eigenvalue weighted by Gasteiger charge is 2.16. The van der Waals surface area contributed by atoms with Crippen molar-refractivity contribution in [1.82, 2.24) is 0 Å². The van der Waals surface area contributed by atoms with Gasteiger partial charge in [-0.3, -0.25) is 4.79 Å². The maximum atomic E-state index is 10.8. The van der Waals surface area contributed by atoms with Gasteiger partial charge in [0.2, 0.25) is 0 Å². The molecular weight excluding hydrogens is 226 g/mol. The molecule has 0 aliphatic rings. The van der Waals surface area contributed by atoms with Crippen molar-refractivity contribution in [2.75, 3.05) is 11.4 Å². The third kappa shape index (κ3) is 3.42. The first kappa shape index (κ1) is 12.8. The minimum absolute atomic E-state index is 0.00461. The van der Waals surface area contributed by atoms with E-state index < -0.39 is 5.97 Å². The van der Waals surface area contributed by atoms with E-state index in [-0.39, 0.29) is 12.6 Å². The van der Waals surface area contributed by atoms with Gasteiger partial charge >= 0.3 is 5.97 Å². The molecule has 0 bridgehead atoms. The van der Waals surface area contributed by atoms with Crippen LogP contribution in [0.15, 0.2) is 24.3 Å². The Morgan fingerprint density at radius 3 is 2.75 bits per heavy atom. The maximum absolute atomic E-state index is 10.8.